The van der Waals surface area contributed by atoms with Crippen LogP contribution in [0, 0.1) is 11.7 Å². The van der Waals surface area contributed by atoms with Crippen LogP contribution in [0.5, 0.6) is 0 Å². The zero-order valence-corrected chi connectivity index (χ0v) is 11.0. The third-order valence-corrected chi connectivity index (χ3v) is 4.48. The minimum Gasteiger partial charge on any atom is -0.317 e. The fourth-order valence-electron chi connectivity index (χ4n) is 3.36. The quantitative estimate of drug-likeness (QED) is 0.846. The van der Waals surface area contributed by atoms with Crippen LogP contribution in [0.25, 0.3) is 0 Å². The Morgan fingerprint density at radius 3 is 2.44 bits per heavy atom. The summed E-state index contributed by atoms with van der Waals surface area (Å²) in [6.45, 7) is 2.19. The molecule has 3 rings (SSSR count). The van der Waals surface area contributed by atoms with E-state index in [2.05, 4.69) is 11.4 Å². The van der Waals surface area contributed by atoms with E-state index in [1.807, 2.05) is 6.07 Å². The number of rotatable bonds is 2. The maximum absolute atomic E-state index is 14.1. The molecule has 1 saturated heterocycles. The Balaban J connectivity index is 1.78. The molecule has 1 fully saturated rings. The summed E-state index contributed by atoms with van der Waals surface area (Å²) in [5, 5.41) is 3.37. The molecule has 0 aromatic heterocycles. The summed E-state index contributed by atoms with van der Waals surface area (Å²) in [6.07, 6.45) is 8.02. The van der Waals surface area contributed by atoms with Crippen molar-refractivity contribution in [3.8, 4) is 0 Å². The van der Waals surface area contributed by atoms with E-state index in [0.717, 1.165) is 37.9 Å². The van der Waals surface area contributed by atoms with Crippen molar-refractivity contribution in [1.82, 2.24) is 5.32 Å². The van der Waals surface area contributed by atoms with Gasteiger partial charge in [0.1, 0.15) is 5.82 Å². The molecule has 1 heterocycles. The molecule has 1 aliphatic heterocycles. The highest BCUT2D eigenvalue weighted by Gasteiger charge is 2.18. The van der Waals surface area contributed by atoms with Gasteiger partial charge in [-0.1, -0.05) is 6.07 Å². The summed E-state index contributed by atoms with van der Waals surface area (Å²) in [5.74, 6) is 0.705. The molecule has 0 amide bonds. The fraction of sp³-hybridized carbons (Fsp3) is 0.625. The molecule has 2 heteroatoms. The summed E-state index contributed by atoms with van der Waals surface area (Å²) in [7, 11) is 0. The van der Waals surface area contributed by atoms with E-state index in [0.29, 0.717) is 5.92 Å². The van der Waals surface area contributed by atoms with Crippen LogP contribution in [0.15, 0.2) is 12.1 Å². The average molecular weight is 247 g/mol. The lowest BCUT2D eigenvalue weighted by molar-refractivity contribution is 0.368. The van der Waals surface area contributed by atoms with Gasteiger partial charge in [0.25, 0.3) is 0 Å². The van der Waals surface area contributed by atoms with Gasteiger partial charge in [-0.3, -0.25) is 0 Å². The zero-order valence-electron chi connectivity index (χ0n) is 11.0. The van der Waals surface area contributed by atoms with Crippen LogP contribution < -0.4 is 5.32 Å². The highest BCUT2D eigenvalue weighted by atomic mass is 19.1. The molecule has 0 spiro atoms. The maximum atomic E-state index is 14.1. The van der Waals surface area contributed by atoms with Gasteiger partial charge < -0.3 is 5.32 Å². The van der Waals surface area contributed by atoms with Crippen LogP contribution in [0.2, 0.25) is 0 Å². The van der Waals surface area contributed by atoms with Crippen LogP contribution >= 0.6 is 0 Å². The van der Waals surface area contributed by atoms with E-state index >= 15 is 0 Å². The van der Waals surface area contributed by atoms with E-state index in [4.69, 9.17) is 0 Å². The second-order valence-corrected chi connectivity index (χ2v) is 5.82. The Morgan fingerprint density at radius 2 is 1.72 bits per heavy atom. The monoisotopic (exact) mass is 247 g/mol. The second-order valence-electron chi connectivity index (χ2n) is 5.82. The predicted octanol–water partition coefficient (Wildman–Crippen LogP) is 3.25. The summed E-state index contributed by atoms with van der Waals surface area (Å²) < 4.78 is 14.1. The molecule has 2 aliphatic rings. The first-order valence-corrected chi connectivity index (χ1v) is 7.34. The first kappa shape index (κ1) is 12.2. The van der Waals surface area contributed by atoms with Crippen LogP contribution in [0.4, 0.5) is 4.39 Å². The lowest BCUT2D eigenvalue weighted by Crippen LogP contribution is -2.28. The molecule has 1 N–H and O–H groups in total. The first-order valence-electron chi connectivity index (χ1n) is 7.34. The van der Waals surface area contributed by atoms with E-state index in [1.165, 1.54) is 36.8 Å². The van der Waals surface area contributed by atoms with Crippen molar-refractivity contribution < 1.29 is 4.39 Å². The van der Waals surface area contributed by atoms with Crippen molar-refractivity contribution in [2.45, 2.75) is 44.9 Å². The summed E-state index contributed by atoms with van der Waals surface area (Å²) >= 11 is 0. The SMILES string of the molecule is Fc1cc2c(cc1CC1CCNCC1)CCCC2. The molecule has 1 aliphatic carbocycles. The Kier molecular flexibility index (Phi) is 3.64. The van der Waals surface area contributed by atoms with E-state index < -0.39 is 0 Å². The number of piperidine rings is 1. The number of benzene rings is 1. The van der Waals surface area contributed by atoms with Gasteiger partial charge in [-0.2, -0.15) is 0 Å². The van der Waals surface area contributed by atoms with E-state index in [1.54, 1.807) is 0 Å². The zero-order chi connectivity index (χ0) is 12.4. The van der Waals surface area contributed by atoms with Gasteiger partial charge in [0.05, 0.1) is 0 Å². The summed E-state index contributed by atoms with van der Waals surface area (Å²) in [6, 6.07) is 3.97. The lowest BCUT2D eigenvalue weighted by atomic mass is 9.86. The largest absolute Gasteiger partial charge is 0.317 e. The normalized spacial score (nSPS) is 20.7. The van der Waals surface area contributed by atoms with E-state index in [9.17, 15) is 4.39 Å². The highest BCUT2D eigenvalue weighted by Crippen LogP contribution is 2.27. The molecule has 18 heavy (non-hydrogen) atoms. The molecule has 0 radical (unpaired) electrons. The summed E-state index contributed by atoms with van der Waals surface area (Å²) in [5.41, 5.74) is 3.63. The second kappa shape index (κ2) is 5.40. The van der Waals surface area contributed by atoms with Gasteiger partial charge in [-0.05, 0) is 86.7 Å². The van der Waals surface area contributed by atoms with Crippen LogP contribution in [-0.2, 0) is 19.3 Å². The Bertz CT molecular complexity index is 421. The van der Waals surface area contributed by atoms with Gasteiger partial charge in [0, 0.05) is 0 Å². The van der Waals surface area contributed by atoms with Crippen LogP contribution in [-0.4, -0.2) is 13.1 Å². The third-order valence-electron chi connectivity index (χ3n) is 4.48. The Hall–Kier alpha value is -0.890. The van der Waals surface area contributed by atoms with Crippen molar-refractivity contribution in [1.29, 1.82) is 0 Å². The number of aryl methyl sites for hydroxylation is 2. The van der Waals surface area contributed by atoms with Gasteiger partial charge >= 0.3 is 0 Å². The lowest BCUT2D eigenvalue weighted by Gasteiger charge is -2.24. The van der Waals surface area contributed by atoms with Gasteiger partial charge in [-0.15, -0.1) is 0 Å². The van der Waals surface area contributed by atoms with Crippen molar-refractivity contribution in [2.24, 2.45) is 5.92 Å². The Labute approximate surface area is 109 Å². The molecular formula is C16H22FN. The standard InChI is InChI=1S/C16H22FN/c17-16-11-14-4-2-1-3-13(14)10-15(16)9-12-5-7-18-8-6-12/h10-12,18H,1-9H2. The number of fused-ring (bicyclic) bond motifs is 1. The Morgan fingerprint density at radius 1 is 1.06 bits per heavy atom. The molecule has 0 atom stereocenters. The molecule has 98 valence electrons. The van der Waals surface area contributed by atoms with E-state index in [-0.39, 0.29) is 5.82 Å². The van der Waals surface area contributed by atoms with Crippen molar-refractivity contribution in [3.63, 3.8) is 0 Å². The highest BCUT2D eigenvalue weighted by molar-refractivity contribution is 5.35. The molecule has 0 unspecified atom stereocenters. The number of hydrogen-bond donors (Lipinski definition) is 1. The summed E-state index contributed by atoms with van der Waals surface area (Å²) in [4.78, 5) is 0. The van der Waals surface area contributed by atoms with Gasteiger partial charge in [0.2, 0.25) is 0 Å². The first-order chi connectivity index (χ1) is 8.83. The molecule has 1 aromatic rings. The van der Waals surface area contributed by atoms with Crippen molar-refractivity contribution >= 4 is 0 Å². The minimum atomic E-state index is 0.0363. The average Bonchev–Trinajstić information content (AvgIpc) is 2.41. The van der Waals surface area contributed by atoms with Crippen LogP contribution in [0.3, 0.4) is 0 Å². The molecule has 0 bridgehead atoms. The smallest absolute Gasteiger partial charge is 0.126 e. The molecule has 1 aromatic carbocycles. The van der Waals surface area contributed by atoms with Gasteiger partial charge in [-0.25, -0.2) is 4.39 Å². The minimum absolute atomic E-state index is 0.0363. The van der Waals surface area contributed by atoms with Crippen molar-refractivity contribution in [2.75, 3.05) is 13.1 Å². The molecular weight excluding hydrogens is 225 g/mol. The topological polar surface area (TPSA) is 12.0 Å². The molecule has 0 saturated carbocycles. The molecule has 1 nitrogen and oxygen atoms in total. The predicted molar refractivity (Wildman–Crippen MR) is 72.3 cm³/mol. The van der Waals surface area contributed by atoms with Gasteiger partial charge in [0.15, 0.2) is 0 Å². The van der Waals surface area contributed by atoms with Crippen LogP contribution in [0.1, 0.15) is 42.4 Å². The number of hydrogen-bond acceptors (Lipinski definition) is 1. The third kappa shape index (κ3) is 2.59. The fourth-order valence-corrected chi connectivity index (χ4v) is 3.36. The maximum Gasteiger partial charge on any atom is 0.126 e. The number of nitrogens with one attached hydrogen (secondary N) is 1. The number of halogens is 1. The van der Waals surface area contributed by atoms with Crippen molar-refractivity contribution in [3.05, 3.63) is 34.6 Å².